The zero-order chi connectivity index (χ0) is 26.7. The van der Waals surface area contributed by atoms with E-state index in [0.29, 0.717) is 26.2 Å². The molecule has 3 aromatic rings. The van der Waals surface area contributed by atoms with Crippen molar-refractivity contribution < 1.29 is 24.1 Å². The Morgan fingerprint density at radius 1 is 0.895 bits per heavy atom. The summed E-state index contributed by atoms with van der Waals surface area (Å²) in [6.45, 7) is 5.92. The van der Waals surface area contributed by atoms with Gasteiger partial charge in [-0.2, -0.15) is 0 Å². The molecule has 1 N–H and O–H groups in total. The lowest BCUT2D eigenvalue weighted by molar-refractivity contribution is -0.136. The van der Waals surface area contributed by atoms with Crippen molar-refractivity contribution in [3.63, 3.8) is 0 Å². The molecule has 1 aliphatic rings. The molecule has 0 atom stereocenters. The minimum Gasteiger partial charge on any atom is -0.493 e. The number of aliphatic carboxylic acids is 1. The number of carboxylic acid groups (broad SMARTS) is 1. The van der Waals surface area contributed by atoms with Crippen LogP contribution in [0.1, 0.15) is 74.1 Å². The van der Waals surface area contributed by atoms with E-state index in [0.717, 1.165) is 71.9 Å². The molecule has 0 saturated carbocycles. The van der Waals surface area contributed by atoms with E-state index in [1.54, 1.807) is 0 Å². The van der Waals surface area contributed by atoms with Gasteiger partial charge < -0.3 is 19.3 Å². The van der Waals surface area contributed by atoms with Gasteiger partial charge in [0.15, 0.2) is 11.5 Å². The number of nitrogens with zero attached hydrogens (tertiary/aromatic N) is 1. The monoisotopic (exact) mass is 537 g/mol. The molecule has 0 aliphatic heterocycles. The second-order valence-electron chi connectivity index (χ2n) is 9.73. The van der Waals surface area contributed by atoms with Crippen molar-refractivity contribution in [1.29, 1.82) is 0 Å². The summed E-state index contributed by atoms with van der Waals surface area (Å²) in [5, 5.41) is 10.1. The summed E-state index contributed by atoms with van der Waals surface area (Å²) in [5.41, 5.74) is 4.61. The molecule has 0 unspecified atom stereocenters. The summed E-state index contributed by atoms with van der Waals surface area (Å²) in [6.07, 6.45) is 8.99. The Bertz CT molecular complexity index is 1180. The SMILES string of the molecule is CCCOc1cc(-c2nc3c(s2)CCCC3)ccc1OCCCOc1ccc(CCC(=O)O)c(CCC)c1. The predicted molar refractivity (Wildman–Crippen MR) is 152 cm³/mol. The van der Waals surface area contributed by atoms with Crippen molar-refractivity contribution in [3.05, 3.63) is 58.1 Å². The molecule has 1 aromatic heterocycles. The van der Waals surface area contributed by atoms with Gasteiger partial charge in [-0.05, 0) is 86.4 Å². The van der Waals surface area contributed by atoms with Crippen molar-refractivity contribution in [2.45, 2.75) is 78.1 Å². The van der Waals surface area contributed by atoms with E-state index in [9.17, 15) is 4.79 Å². The van der Waals surface area contributed by atoms with E-state index in [-0.39, 0.29) is 6.42 Å². The van der Waals surface area contributed by atoms with E-state index in [2.05, 4.69) is 26.0 Å². The van der Waals surface area contributed by atoms with Gasteiger partial charge in [-0.3, -0.25) is 4.79 Å². The van der Waals surface area contributed by atoms with Crippen LogP contribution in [0, 0.1) is 0 Å². The van der Waals surface area contributed by atoms with Gasteiger partial charge in [0, 0.05) is 23.3 Å². The van der Waals surface area contributed by atoms with Gasteiger partial charge in [0.05, 0.1) is 25.5 Å². The Kier molecular flexibility index (Phi) is 10.4. The fourth-order valence-corrected chi connectivity index (χ4v) is 5.82. The number of hydrogen-bond donors (Lipinski definition) is 1. The first-order valence-corrected chi connectivity index (χ1v) is 14.7. The number of rotatable bonds is 15. The molecule has 1 heterocycles. The normalized spacial score (nSPS) is 12.7. The van der Waals surface area contributed by atoms with Crippen LogP contribution >= 0.6 is 11.3 Å². The van der Waals surface area contributed by atoms with Gasteiger partial charge in [-0.25, -0.2) is 4.98 Å². The third-order valence-corrected chi connectivity index (χ3v) is 7.82. The Morgan fingerprint density at radius 2 is 1.71 bits per heavy atom. The molecule has 204 valence electrons. The molecule has 0 bridgehead atoms. The lowest BCUT2D eigenvalue weighted by Gasteiger charge is -2.14. The van der Waals surface area contributed by atoms with Gasteiger partial charge >= 0.3 is 5.97 Å². The molecule has 4 rings (SSSR count). The van der Waals surface area contributed by atoms with E-state index in [4.69, 9.17) is 24.3 Å². The molecule has 38 heavy (non-hydrogen) atoms. The van der Waals surface area contributed by atoms with Crippen LogP contribution in [0.4, 0.5) is 0 Å². The maximum Gasteiger partial charge on any atom is 0.303 e. The quantitative estimate of drug-likeness (QED) is 0.205. The van der Waals surface area contributed by atoms with Crippen LogP contribution in [-0.2, 0) is 30.5 Å². The van der Waals surface area contributed by atoms with E-state index < -0.39 is 5.97 Å². The highest BCUT2D eigenvalue weighted by Gasteiger charge is 2.17. The Morgan fingerprint density at radius 3 is 2.50 bits per heavy atom. The molecular weight excluding hydrogens is 498 g/mol. The summed E-state index contributed by atoms with van der Waals surface area (Å²) in [7, 11) is 0. The van der Waals surface area contributed by atoms with Crippen LogP contribution in [0.15, 0.2) is 36.4 Å². The molecular formula is C31H39NO5S. The third-order valence-electron chi connectivity index (χ3n) is 6.62. The molecule has 0 radical (unpaired) electrons. The fraction of sp³-hybridized carbons (Fsp3) is 0.484. The molecule has 7 heteroatoms. The van der Waals surface area contributed by atoms with Gasteiger partial charge in [-0.15, -0.1) is 11.3 Å². The van der Waals surface area contributed by atoms with Gasteiger partial charge in [-0.1, -0.05) is 26.3 Å². The molecule has 6 nitrogen and oxygen atoms in total. The summed E-state index contributed by atoms with van der Waals surface area (Å²) in [4.78, 5) is 17.3. The fourth-order valence-electron chi connectivity index (χ4n) is 4.67. The highest BCUT2D eigenvalue weighted by molar-refractivity contribution is 7.15. The molecule has 0 amide bonds. The Hall–Kier alpha value is -3.06. The van der Waals surface area contributed by atoms with Crippen LogP contribution in [0.3, 0.4) is 0 Å². The number of carboxylic acids is 1. The first-order valence-electron chi connectivity index (χ1n) is 13.9. The standard InChI is InChI=1S/C31H39NO5S/c1-3-8-23-20-25(14-11-22(23)13-16-30(33)34)35-18-7-19-37-27-15-12-24(21-28(27)36-17-4-2)31-32-26-9-5-6-10-29(26)38-31/h11-12,14-15,20-21H,3-10,13,16-19H2,1-2H3,(H,33,34). The van der Waals surface area contributed by atoms with Crippen LogP contribution in [-0.4, -0.2) is 35.9 Å². The first kappa shape index (κ1) is 28.0. The van der Waals surface area contributed by atoms with Crippen molar-refractivity contribution in [1.82, 2.24) is 4.98 Å². The Labute approximate surface area is 230 Å². The number of aromatic nitrogens is 1. The molecule has 0 spiro atoms. The smallest absolute Gasteiger partial charge is 0.303 e. The number of ether oxygens (including phenoxy) is 3. The maximum atomic E-state index is 11.0. The zero-order valence-electron chi connectivity index (χ0n) is 22.6. The molecule has 2 aromatic carbocycles. The number of hydrogen-bond acceptors (Lipinski definition) is 6. The number of aryl methyl sites for hydroxylation is 4. The lowest BCUT2D eigenvalue weighted by Crippen LogP contribution is -2.07. The maximum absolute atomic E-state index is 11.0. The first-order chi connectivity index (χ1) is 18.6. The largest absolute Gasteiger partial charge is 0.493 e. The zero-order valence-corrected chi connectivity index (χ0v) is 23.4. The van der Waals surface area contributed by atoms with Crippen molar-refractivity contribution in [2.24, 2.45) is 0 Å². The summed E-state index contributed by atoms with van der Waals surface area (Å²) in [5.74, 6) is 1.55. The number of thiazole rings is 1. The second-order valence-corrected chi connectivity index (χ2v) is 10.8. The topological polar surface area (TPSA) is 77.9 Å². The van der Waals surface area contributed by atoms with Gasteiger partial charge in [0.1, 0.15) is 10.8 Å². The van der Waals surface area contributed by atoms with Crippen molar-refractivity contribution in [2.75, 3.05) is 19.8 Å². The summed E-state index contributed by atoms with van der Waals surface area (Å²) >= 11 is 1.81. The van der Waals surface area contributed by atoms with Crippen LogP contribution in [0.25, 0.3) is 10.6 Å². The third kappa shape index (κ3) is 7.73. The molecule has 0 fully saturated rings. The van der Waals surface area contributed by atoms with Gasteiger partial charge in [0.25, 0.3) is 0 Å². The number of carbonyl (C=O) groups is 1. The highest BCUT2D eigenvalue weighted by atomic mass is 32.1. The minimum absolute atomic E-state index is 0.144. The van der Waals surface area contributed by atoms with Crippen molar-refractivity contribution in [3.8, 4) is 27.8 Å². The molecule has 1 aliphatic carbocycles. The predicted octanol–water partition coefficient (Wildman–Crippen LogP) is 7.30. The lowest BCUT2D eigenvalue weighted by atomic mass is 9.99. The molecule has 0 saturated heterocycles. The van der Waals surface area contributed by atoms with E-state index in [1.165, 1.54) is 29.0 Å². The Balaban J connectivity index is 1.32. The highest BCUT2D eigenvalue weighted by Crippen LogP contribution is 2.37. The van der Waals surface area contributed by atoms with E-state index >= 15 is 0 Å². The summed E-state index contributed by atoms with van der Waals surface area (Å²) in [6, 6.07) is 12.1. The van der Waals surface area contributed by atoms with Crippen LogP contribution in [0.2, 0.25) is 0 Å². The average molecular weight is 538 g/mol. The second kappa shape index (κ2) is 14.2. The van der Waals surface area contributed by atoms with Crippen LogP contribution < -0.4 is 14.2 Å². The van der Waals surface area contributed by atoms with Gasteiger partial charge in [0.2, 0.25) is 0 Å². The van der Waals surface area contributed by atoms with E-state index in [1.807, 2.05) is 35.6 Å². The summed E-state index contributed by atoms with van der Waals surface area (Å²) < 4.78 is 18.1. The van der Waals surface area contributed by atoms with Crippen LogP contribution in [0.5, 0.6) is 17.2 Å². The minimum atomic E-state index is -0.771. The number of benzene rings is 2. The van der Waals surface area contributed by atoms with Crippen molar-refractivity contribution >= 4 is 17.3 Å². The average Bonchev–Trinajstić information content (AvgIpc) is 3.36. The number of fused-ring (bicyclic) bond motifs is 1.